The molecule has 2 rings (SSSR count). The lowest BCUT2D eigenvalue weighted by molar-refractivity contribution is -0.116. The molecule has 0 aromatic heterocycles. The predicted octanol–water partition coefficient (Wildman–Crippen LogP) is 2.27. The highest BCUT2D eigenvalue weighted by atomic mass is 32.2. The van der Waals surface area contributed by atoms with E-state index in [2.05, 4.69) is 29.4 Å². The van der Waals surface area contributed by atoms with Gasteiger partial charge in [-0.2, -0.15) is 5.10 Å². The third-order valence-electron chi connectivity index (χ3n) is 2.42. The number of carbonyl (C=O) groups excluding carboxylic acids is 1. The van der Waals surface area contributed by atoms with Crippen molar-refractivity contribution in [1.29, 1.82) is 0 Å². The van der Waals surface area contributed by atoms with Gasteiger partial charge in [0.15, 0.2) is 5.17 Å². The van der Waals surface area contributed by atoms with E-state index in [1.54, 1.807) is 6.21 Å². The van der Waals surface area contributed by atoms with Gasteiger partial charge in [-0.15, -0.1) is 5.10 Å². The fraction of sp³-hybridized carbons (Fsp3) is 0.357. The van der Waals surface area contributed by atoms with Gasteiger partial charge in [-0.25, -0.2) is 0 Å². The van der Waals surface area contributed by atoms with Crippen molar-refractivity contribution < 1.29 is 9.53 Å². The van der Waals surface area contributed by atoms with Gasteiger partial charge in [0.05, 0.1) is 18.6 Å². The Morgan fingerprint density at radius 2 is 2.25 bits per heavy atom. The van der Waals surface area contributed by atoms with Crippen LogP contribution in [-0.4, -0.2) is 29.6 Å². The van der Waals surface area contributed by atoms with Crippen molar-refractivity contribution in [3.63, 3.8) is 0 Å². The molecular formula is C14H17N3O2S. The fourth-order valence-corrected chi connectivity index (χ4v) is 2.13. The van der Waals surface area contributed by atoms with E-state index in [0.29, 0.717) is 23.4 Å². The molecule has 0 atom stereocenters. The molecule has 0 radical (unpaired) electrons. The number of thioether (sulfide) groups is 1. The summed E-state index contributed by atoms with van der Waals surface area (Å²) >= 11 is 1.35. The van der Waals surface area contributed by atoms with Gasteiger partial charge in [-0.05, 0) is 18.1 Å². The van der Waals surface area contributed by atoms with Gasteiger partial charge in [0.2, 0.25) is 5.91 Å². The largest absolute Gasteiger partial charge is 0.493 e. The van der Waals surface area contributed by atoms with Crippen molar-refractivity contribution in [2.45, 2.75) is 13.8 Å². The summed E-state index contributed by atoms with van der Waals surface area (Å²) in [5.74, 6) is 1.62. The lowest BCUT2D eigenvalue weighted by atomic mass is 10.2. The zero-order valence-corrected chi connectivity index (χ0v) is 12.3. The molecule has 0 spiro atoms. The number of benzene rings is 1. The topological polar surface area (TPSA) is 63.1 Å². The Labute approximate surface area is 122 Å². The standard InChI is InChI=1S/C14H17N3O2S/c1-10(2)8-19-12-6-4-3-5-11(12)7-15-17-14-16-13(18)9-20-14/h3-7,10H,8-9H2,1-2H3,(H,16,17,18). The van der Waals surface area contributed by atoms with Gasteiger partial charge >= 0.3 is 0 Å². The quantitative estimate of drug-likeness (QED) is 0.668. The molecule has 1 heterocycles. The van der Waals surface area contributed by atoms with E-state index in [0.717, 1.165) is 11.3 Å². The van der Waals surface area contributed by atoms with Gasteiger partial charge in [0.25, 0.3) is 0 Å². The molecule has 0 bridgehead atoms. The molecule has 1 fully saturated rings. The average molecular weight is 291 g/mol. The highest BCUT2D eigenvalue weighted by molar-refractivity contribution is 8.15. The predicted molar refractivity (Wildman–Crippen MR) is 82.4 cm³/mol. The highest BCUT2D eigenvalue weighted by Crippen LogP contribution is 2.17. The first-order valence-electron chi connectivity index (χ1n) is 6.40. The molecule has 1 aromatic carbocycles. The fourth-order valence-electron chi connectivity index (χ4n) is 1.50. The van der Waals surface area contributed by atoms with E-state index in [1.807, 2.05) is 24.3 Å². The summed E-state index contributed by atoms with van der Waals surface area (Å²) in [7, 11) is 0. The van der Waals surface area contributed by atoms with Gasteiger partial charge in [0, 0.05) is 5.56 Å². The number of hydrogen-bond donors (Lipinski definition) is 1. The van der Waals surface area contributed by atoms with E-state index < -0.39 is 0 Å². The molecule has 0 aliphatic carbocycles. The smallest absolute Gasteiger partial charge is 0.236 e. The average Bonchev–Trinajstić information content (AvgIpc) is 2.83. The summed E-state index contributed by atoms with van der Waals surface area (Å²) in [5.41, 5.74) is 0.867. The summed E-state index contributed by atoms with van der Waals surface area (Å²) < 4.78 is 5.72. The molecule has 1 aliphatic heterocycles. The number of para-hydroxylation sites is 1. The first-order valence-corrected chi connectivity index (χ1v) is 7.39. The second-order valence-electron chi connectivity index (χ2n) is 4.73. The molecule has 1 amide bonds. The van der Waals surface area contributed by atoms with Crippen molar-refractivity contribution in [3.05, 3.63) is 29.8 Å². The molecular weight excluding hydrogens is 274 g/mol. The third kappa shape index (κ3) is 4.38. The van der Waals surface area contributed by atoms with Gasteiger partial charge in [-0.1, -0.05) is 37.7 Å². The van der Waals surface area contributed by atoms with E-state index in [-0.39, 0.29) is 5.91 Å². The number of nitrogens with zero attached hydrogens (tertiary/aromatic N) is 2. The normalized spacial score (nSPS) is 17.1. The molecule has 5 nitrogen and oxygen atoms in total. The van der Waals surface area contributed by atoms with Crippen molar-refractivity contribution in [2.24, 2.45) is 16.1 Å². The first-order chi connectivity index (χ1) is 9.65. The van der Waals surface area contributed by atoms with Crippen molar-refractivity contribution in [3.8, 4) is 5.75 Å². The third-order valence-corrected chi connectivity index (χ3v) is 3.29. The Kier molecular flexibility index (Phi) is 5.17. The molecule has 20 heavy (non-hydrogen) atoms. The van der Waals surface area contributed by atoms with Crippen LogP contribution in [0.2, 0.25) is 0 Å². The van der Waals surface area contributed by atoms with Crippen LogP contribution in [0.3, 0.4) is 0 Å². The number of ether oxygens (including phenoxy) is 1. The van der Waals surface area contributed by atoms with Crippen LogP contribution in [0.4, 0.5) is 0 Å². The maximum atomic E-state index is 11.0. The van der Waals surface area contributed by atoms with E-state index in [9.17, 15) is 4.79 Å². The summed E-state index contributed by atoms with van der Waals surface area (Å²) in [6.45, 7) is 4.86. The van der Waals surface area contributed by atoms with Crippen molar-refractivity contribution >= 4 is 29.1 Å². The minimum atomic E-state index is -0.0374. The second kappa shape index (κ2) is 7.09. The van der Waals surface area contributed by atoms with Crippen LogP contribution in [0.25, 0.3) is 0 Å². The molecule has 1 N–H and O–H groups in total. The molecule has 1 aromatic rings. The van der Waals surface area contributed by atoms with Crippen LogP contribution in [0.15, 0.2) is 34.5 Å². The van der Waals surface area contributed by atoms with Crippen molar-refractivity contribution in [1.82, 2.24) is 5.32 Å². The molecule has 1 saturated heterocycles. The zero-order valence-electron chi connectivity index (χ0n) is 11.5. The Morgan fingerprint density at radius 3 is 2.95 bits per heavy atom. The van der Waals surface area contributed by atoms with Crippen molar-refractivity contribution in [2.75, 3.05) is 12.4 Å². The summed E-state index contributed by atoms with van der Waals surface area (Å²) in [5, 5.41) is 11.1. The van der Waals surface area contributed by atoms with Crippen LogP contribution in [0.5, 0.6) is 5.75 Å². The number of carbonyl (C=O) groups is 1. The lowest BCUT2D eigenvalue weighted by Gasteiger charge is -2.10. The minimum Gasteiger partial charge on any atom is -0.493 e. The van der Waals surface area contributed by atoms with Gasteiger partial charge < -0.3 is 10.1 Å². The lowest BCUT2D eigenvalue weighted by Crippen LogP contribution is -2.19. The maximum absolute atomic E-state index is 11.0. The molecule has 0 unspecified atom stereocenters. The number of nitrogens with one attached hydrogen (secondary N) is 1. The Hall–Kier alpha value is -1.82. The highest BCUT2D eigenvalue weighted by Gasteiger charge is 2.15. The second-order valence-corrected chi connectivity index (χ2v) is 5.69. The monoisotopic (exact) mass is 291 g/mol. The van der Waals surface area contributed by atoms with Gasteiger partial charge in [0.1, 0.15) is 5.75 Å². The SMILES string of the molecule is CC(C)COc1ccccc1C=NN=C1NC(=O)CS1. The summed E-state index contributed by atoms with van der Waals surface area (Å²) in [6.07, 6.45) is 1.63. The molecule has 106 valence electrons. The first kappa shape index (κ1) is 14.6. The molecule has 0 saturated carbocycles. The number of amides is 1. The Morgan fingerprint density at radius 1 is 1.45 bits per heavy atom. The minimum absolute atomic E-state index is 0.0374. The van der Waals surface area contributed by atoms with E-state index in [1.165, 1.54) is 11.8 Å². The van der Waals surface area contributed by atoms with E-state index >= 15 is 0 Å². The Balaban J connectivity index is 2.03. The Bertz CT molecular complexity index is 541. The molecule has 1 aliphatic rings. The number of amidine groups is 1. The van der Waals surface area contributed by atoms with Crippen LogP contribution in [-0.2, 0) is 4.79 Å². The summed E-state index contributed by atoms with van der Waals surface area (Å²) in [6, 6.07) is 7.66. The van der Waals surface area contributed by atoms with Crippen LogP contribution < -0.4 is 10.1 Å². The maximum Gasteiger partial charge on any atom is 0.236 e. The van der Waals surface area contributed by atoms with E-state index in [4.69, 9.17) is 4.74 Å². The van der Waals surface area contributed by atoms with Crippen LogP contribution >= 0.6 is 11.8 Å². The molecule has 6 heteroatoms. The number of hydrogen-bond acceptors (Lipinski definition) is 5. The van der Waals surface area contributed by atoms with Crippen LogP contribution in [0, 0.1) is 5.92 Å². The van der Waals surface area contributed by atoms with Gasteiger partial charge in [-0.3, -0.25) is 4.79 Å². The van der Waals surface area contributed by atoms with Crippen LogP contribution in [0.1, 0.15) is 19.4 Å². The summed E-state index contributed by atoms with van der Waals surface area (Å²) in [4.78, 5) is 11.0. The zero-order chi connectivity index (χ0) is 14.4. The number of rotatable bonds is 5.